The molecule has 0 heterocycles. The number of nitrogens with two attached hydrogens (primary N) is 1. The van der Waals surface area contributed by atoms with Gasteiger partial charge in [0.05, 0.1) is 12.8 Å². The first-order valence-corrected chi connectivity index (χ1v) is 6.61. The van der Waals surface area contributed by atoms with Crippen LogP contribution in [0.3, 0.4) is 0 Å². The molecule has 0 aliphatic carbocycles. The molecule has 0 saturated heterocycles. The molecule has 0 bridgehead atoms. The van der Waals surface area contributed by atoms with Crippen LogP contribution in [-0.4, -0.2) is 19.6 Å². The van der Waals surface area contributed by atoms with Crippen molar-refractivity contribution in [3.05, 3.63) is 24.3 Å². The van der Waals surface area contributed by atoms with Crippen molar-refractivity contribution in [2.24, 2.45) is 11.1 Å². The lowest BCUT2D eigenvalue weighted by Gasteiger charge is -2.23. The summed E-state index contributed by atoms with van der Waals surface area (Å²) in [6.07, 6.45) is 2.24. The van der Waals surface area contributed by atoms with Gasteiger partial charge in [0.25, 0.3) is 0 Å². The number of carbonyl (C=O) groups is 1. The summed E-state index contributed by atoms with van der Waals surface area (Å²) < 4.78 is 5.20. The molecule has 106 valence electrons. The maximum absolute atomic E-state index is 11.9. The highest BCUT2D eigenvalue weighted by molar-refractivity contribution is 5.92. The van der Waals surface area contributed by atoms with Gasteiger partial charge in [-0.05, 0) is 36.9 Å². The van der Waals surface area contributed by atoms with Crippen molar-refractivity contribution in [2.75, 3.05) is 19.0 Å². The SMILES string of the molecule is COc1ccccc1NC(=O)CCC(C)(C)CCN. The number of nitrogens with one attached hydrogen (secondary N) is 1. The minimum atomic E-state index is 0.00889. The fourth-order valence-electron chi connectivity index (χ4n) is 1.93. The molecule has 1 rings (SSSR count). The number of benzene rings is 1. The lowest BCUT2D eigenvalue weighted by molar-refractivity contribution is -0.116. The van der Waals surface area contributed by atoms with E-state index in [9.17, 15) is 4.79 Å². The lowest BCUT2D eigenvalue weighted by atomic mass is 9.84. The van der Waals surface area contributed by atoms with Crippen LogP contribution in [0.1, 0.15) is 33.1 Å². The van der Waals surface area contributed by atoms with Crippen LogP contribution >= 0.6 is 0 Å². The monoisotopic (exact) mass is 264 g/mol. The largest absolute Gasteiger partial charge is 0.495 e. The zero-order chi connectivity index (χ0) is 14.3. The summed E-state index contributed by atoms with van der Waals surface area (Å²) in [5, 5.41) is 2.88. The molecular formula is C15H24N2O2. The molecule has 3 N–H and O–H groups in total. The number of amides is 1. The summed E-state index contributed by atoms with van der Waals surface area (Å²) in [7, 11) is 1.59. The Labute approximate surface area is 115 Å². The van der Waals surface area contributed by atoms with Crippen LogP contribution in [0.25, 0.3) is 0 Å². The number of hydrogen-bond acceptors (Lipinski definition) is 3. The molecule has 0 unspecified atom stereocenters. The highest BCUT2D eigenvalue weighted by Crippen LogP contribution is 2.27. The van der Waals surface area contributed by atoms with E-state index in [1.165, 1.54) is 0 Å². The molecule has 0 atom stereocenters. The number of anilines is 1. The quantitative estimate of drug-likeness (QED) is 0.796. The average molecular weight is 264 g/mol. The molecule has 0 aliphatic heterocycles. The third-order valence-electron chi connectivity index (χ3n) is 3.23. The molecule has 4 nitrogen and oxygen atoms in total. The molecule has 4 heteroatoms. The van der Waals surface area contributed by atoms with Crippen molar-refractivity contribution >= 4 is 11.6 Å². The second-order valence-electron chi connectivity index (χ2n) is 5.45. The van der Waals surface area contributed by atoms with Crippen molar-refractivity contribution in [3.8, 4) is 5.75 Å². The Balaban J connectivity index is 2.52. The average Bonchev–Trinajstić information content (AvgIpc) is 2.37. The van der Waals surface area contributed by atoms with E-state index in [0.717, 1.165) is 12.8 Å². The number of methoxy groups -OCH3 is 1. The maximum atomic E-state index is 11.9. The van der Waals surface area contributed by atoms with Crippen LogP contribution in [0, 0.1) is 5.41 Å². The number of hydrogen-bond donors (Lipinski definition) is 2. The summed E-state index contributed by atoms with van der Waals surface area (Å²) in [5.41, 5.74) is 6.38. The highest BCUT2D eigenvalue weighted by Gasteiger charge is 2.18. The van der Waals surface area contributed by atoms with Crippen LogP contribution < -0.4 is 15.8 Å². The van der Waals surface area contributed by atoms with Crippen molar-refractivity contribution in [3.63, 3.8) is 0 Å². The molecule has 0 aromatic heterocycles. The molecule has 0 radical (unpaired) electrons. The van der Waals surface area contributed by atoms with Crippen molar-refractivity contribution in [1.82, 2.24) is 0 Å². The summed E-state index contributed by atoms with van der Waals surface area (Å²) in [6, 6.07) is 7.41. The second kappa shape index (κ2) is 7.14. The smallest absolute Gasteiger partial charge is 0.224 e. The molecule has 0 fully saturated rings. The number of carbonyl (C=O) groups excluding carboxylic acids is 1. The first-order valence-electron chi connectivity index (χ1n) is 6.61. The second-order valence-corrected chi connectivity index (χ2v) is 5.45. The van der Waals surface area contributed by atoms with E-state index in [-0.39, 0.29) is 11.3 Å². The Hall–Kier alpha value is -1.55. The van der Waals surface area contributed by atoms with E-state index >= 15 is 0 Å². The van der Waals surface area contributed by atoms with E-state index in [2.05, 4.69) is 19.2 Å². The molecule has 1 amide bonds. The van der Waals surface area contributed by atoms with E-state index in [1.54, 1.807) is 7.11 Å². The number of para-hydroxylation sites is 2. The van der Waals surface area contributed by atoms with Crippen LogP contribution in [0.4, 0.5) is 5.69 Å². The minimum Gasteiger partial charge on any atom is -0.495 e. The third kappa shape index (κ3) is 5.30. The fraction of sp³-hybridized carbons (Fsp3) is 0.533. The Bertz CT molecular complexity index is 416. The number of rotatable bonds is 7. The van der Waals surface area contributed by atoms with E-state index in [1.807, 2.05) is 24.3 Å². The summed E-state index contributed by atoms with van der Waals surface area (Å²) >= 11 is 0. The summed E-state index contributed by atoms with van der Waals surface area (Å²) in [4.78, 5) is 11.9. The Morgan fingerprint density at radius 1 is 1.32 bits per heavy atom. The third-order valence-corrected chi connectivity index (χ3v) is 3.23. The van der Waals surface area contributed by atoms with E-state index in [4.69, 9.17) is 10.5 Å². The Morgan fingerprint density at radius 2 is 2.00 bits per heavy atom. The predicted molar refractivity (Wildman–Crippen MR) is 78.3 cm³/mol. The molecule has 1 aromatic rings. The van der Waals surface area contributed by atoms with Gasteiger partial charge >= 0.3 is 0 Å². The van der Waals surface area contributed by atoms with Crippen LogP contribution in [0.15, 0.2) is 24.3 Å². The van der Waals surface area contributed by atoms with Gasteiger partial charge in [0, 0.05) is 6.42 Å². The summed E-state index contributed by atoms with van der Waals surface area (Å²) in [5.74, 6) is 0.687. The highest BCUT2D eigenvalue weighted by atomic mass is 16.5. The van der Waals surface area contributed by atoms with Gasteiger partial charge in [0.2, 0.25) is 5.91 Å². The van der Waals surface area contributed by atoms with E-state index in [0.29, 0.717) is 24.4 Å². The Morgan fingerprint density at radius 3 is 2.63 bits per heavy atom. The molecule has 0 saturated carbocycles. The lowest BCUT2D eigenvalue weighted by Crippen LogP contribution is -2.20. The van der Waals surface area contributed by atoms with Gasteiger partial charge in [-0.2, -0.15) is 0 Å². The molecule has 1 aromatic carbocycles. The van der Waals surface area contributed by atoms with Gasteiger partial charge in [-0.25, -0.2) is 0 Å². The standard InChI is InChI=1S/C15H24N2O2/c1-15(2,10-11-16)9-8-14(18)17-12-6-4-5-7-13(12)19-3/h4-7H,8-11,16H2,1-3H3,(H,17,18). The van der Waals surface area contributed by atoms with Crippen molar-refractivity contribution in [2.45, 2.75) is 33.1 Å². The number of ether oxygens (including phenoxy) is 1. The van der Waals surface area contributed by atoms with Crippen molar-refractivity contribution < 1.29 is 9.53 Å². The zero-order valence-electron chi connectivity index (χ0n) is 12.0. The first-order chi connectivity index (χ1) is 8.98. The molecule has 0 aliphatic rings. The minimum absolute atomic E-state index is 0.00889. The first kappa shape index (κ1) is 15.5. The molecule has 0 spiro atoms. The van der Waals surface area contributed by atoms with Gasteiger partial charge in [0.15, 0.2) is 0 Å². The maximum Gasteiger partial charge on any atom is 0.224 e. The molecule has 19 heavy (non-hydrogen) atoms. The normalized spacial score (nSPS) is 11.2. The van der Waals surface area contributed by atoms with Gasteiger partial charge in [-0.1, -0.05) is 26.0 Å². The molecular weight excluding hydrogens is 240 g/mol. The van der Waals surface area contributed by atoms with E-state index < -0.39 is 0 Å². The van der Waals surface area contributed by atoms with Gasteiger partial charge in [0.1, 0.15) is 5.75 Å². The Kier molecular flexibility index (Phi) is 5.83. The van der Waals surface area contributed by atoms with Crippen LogP contribution in [-0.2, 0) is 4.79 Å². The van der Waals surface area contributed by atoms with Crippen LogP contribution in [0.2, 0.25) is 0 Å². The van der Waals surface area contributed by atoms with Gasteiger partial charge in [-0.15, -0.1) is 0 Å². The topological polar surface area (TPSA) is 64.3 Å². The zero-order valence-corrected chi connectivity index (χ0v) is 12.0. The van der Waals surface area contributed by atoms with Crippen molar-refractivity contribution in [1.29, 1.82) is 0 Å². The van der Waals surface area contributed by atoms with Gasteiger partial charge in [-0.3, -0.25) is 4.79 Å². The van der Waals surface area contributed by atoms with Crippen LogP contribution in [0.5, 0.6) is 5.75 Å². The van der Waals surface area contributed by atoms with Gasteiger partial charge < -0.3 is 15.8 Å². The summed E-state index contributed by atoms with van der Waals surface area (Å²) in [6.45, 7) is 4.92. The predicted octanol–water partition coefficient (Wildman–Crippen LogP) is 2.79. The fourth-order valence-corrected chi connectivity index (χ4v) is 1.93.